The second-order valence-corrected chi connectivity index (χ2v) is 8.73. The molecule has 0 spiro atoms. The standard InChI is InChI=1S/C24H21F2N7O2/c25-17-2-4-20(19(26)8-17)33-24(28-13-29-33)32-11-15-5-6-35-21-7-14(1-3-18(21)23(15)30-32)16-9-31(10-16)12-22(27)34/h1-4,7-8,11,13,16H,5-6,9-10,12H2,(H2,27,34). The van der Waals surface area contributed by atoms with E-state index in [9.17, 15) is 13.6 Å². The molecular weight excluding hydrogens is 456 g/mol. The predicted molar refractivity (Wildman–Crippen MR) is 121 cm³/mol. The molecule has 2 aromatic heterocycles. The van der Waals surface area contributed by atoms with Gasteiger partial charge in [-0.3, -0.25) is 9.69 Å². The molecule has 2 aliphatic rings. The minimum absolute atomic E-state index is 0.0730. The zero-order chi connectivity index (χ0) is 24.1. The van der Waals surface area contributed by atoms with Crippen molar-refractivity contribution in [2.45, 2.75) is 12.3 Å². The van der Waals surface area contributed by atoms with E-state index >= 15 is 0 Å². The van der Waals surface area contributed by atoms with Crippen LogP contribution in [0.5, 0.6) is 5.75 Å². The molecule has 178 valence electrons. The van der Waals surface area contributed by atoms with Gasteiger partial charge in [0.25, 0.3) is 5.95 Å². The summed E-state index contributed by atoms with van der Waals surface area (Å²) in [6, 6.07) is 9.37. The average Bonchev–Trinajstić information content (AvgIpc) is 3.40. The Balaban J connectivity index is 1.32. The quantitative estimate of drug-likeness (QED) is 0.473. The number of hydrogen-bond acceptors (Lipinski definition) is 6. The monoisotopic (exact) mass is 477 g/mol. The largest absolute Gasteiger partial charge is 0.493 e. The molecule has 6 rings (SSSR count). The number of nitrogens with two attached hydrogens (primary N) is 1. The van der Waals surface area contributed by atoms with E-state index in [4.69, 9.17) is 15.6 Å². The molecule has 4 aromatic rings. The molecule has 0 aliphatic carbocycles. The molecule has 1 saturated heterocycles. The van der Waals surface area contributed by atoms with Crippen molar-refractivity contribution >= 4 is 5.91 Å². The lowest BCUT2D eigenvalue weighted by Crippen LogP contribution is -2.48. The summed E-state index contributed by atoms with van der Waals surface area (Å²) in [4.78, 5) is 17.4. The zero-order valence-electron chi connectivity index (χ0n) is 18.6. The van der Waals surface area contributed by atoms with E-state index in [0.717, 1.165) is 47.3 Å². The smallest absolute Gasteiger partial charge is 0.253 e. The van der Waals surface area contributed by atoms with Gasteiger partial charge in [-0.25, -0.2) is 13.5 Å². The fraction of sp³-hybridized carbons (Fsp3) is 0.250. The average molecular weight is 477 g/mol. The molecule has 4 heterocycles. The van der Waals surface area contributed by atoms with E-state index in [0.29, 0.717) is 18.9 Å². The summed E-state index contributed by atoms with van der Waals surface area (Å²) in [6.45, 7) is 2.30. The van der Waals surface area contributed by atoms with Crippen LogP contribution in [-0.4, -0.2) is 61.6 Å². The number of amides is 1. The number of carbonyl (C=O) groups excluding carboxylic acids is 1. The molecule has 0 atom stereocenters. The first-order chi connectivity index (χ1) is 17.0. The SMILES string of the molecule is NC(=O)CN1CC(c2ccc3c(c2)OCCc2cn(-c4ncnn4-c4ccc(F)cc4F)nc2-3)C1. The van der Waals surface area contributed by atoms with Gasteiger partial charge in [-0.1, -0.05) is 6.07 Å². The molecular formula is C24H21F2N7O2. The Bertz CT molecular complexity index is 1440. The van der Waals surface area contributed by atoms with Gasteiger partial charge in [-0.2, -0.15) is 19.9 Å². The summed E-state index contributed by atoms with van der Waals surface area (Å²) < 4.78 is 36.7. The van der Waals surface area contributed by atoms with Crippen LogP contribution >= 0.6 is 0 Å². The summed E-state index contributed by atoms with van der Waals surface area (Å²) in [5.41, 5.74) is 9.06. The number of halogens is 2. The molecule has 11 heteroatoms. The molecule has 35 heavy (non-hydrogen) atoms. The number of nitrogens with zero attached hydrogens (tertiary/aromatic N) is 6. The van der Waals surface area contributed by atoms with Crippen molar-refractivity contribution in [1.29, 1.82) is 0 Å². The Morgan fingerprint density at radius 3 is 2.83 bits per heavy atom. The Morgan fingerprint density at radius 2 is 2.03 bits per heavy atom. The van der Waals surface area contributed by atoms with Crippen molar-refractivity contribution in [1.82, 2.24) is 29.4 Å². The van der Waals surface area contributed by atoms with Gasteiger partial charge in [0, 0.05) is 48.8 Å². The minimum Gasteiger partial charge on any atom is -0.493 e. The van der Waals surface area contributed by atoms with Crippen molar-refractivity contribution in [3.05, 3.63) is 71.7 Å². The normalized spacial score (nSPS) is 15.6. The highest BCUT2D eigenvalue weighted by molar-refractivity contribution is 5.76. The molecule has 0 radical (unpaired) electrons. The summed E-state index contributed by atoms with van der Waals surface area (Å²) >= 11 is 0. The number of benzene rings is 2. The van der Waals surface area contributed by atoms with Gasteiger partial charge >= 0.3 is 0 Å². The lowest BCUT2D eigenvalue weighted by Gasteiger charge is -2.38. The van der Waals surface area contributed by atoms with Crippen LogP contribution in [0.4, 0.5) is 8.78 Å². The Morgan fingerprint density at radius 1 is 1.17 bits per heavy atom. The lowest BCUT2D eigenvalue weighted by molar-refractivity contribution is -0.120. The number of hydrogen-bond donors (Lipinski definition) is 1. The number of carbonyl (C=O) groups is 1. The van der Waals surface area contributed by atoms with Gasteiger partial charge in [-0.15, -0.1) is 0 Å². The Hall–Kier alpha value is -4.12. The van der Waals surface area contributed by atoms with Crippen molar-refractivity contribution in [3.8, 4) is 28.6 Å². The Kier molecular flexibility index (Phi) is 5.06. The van der Waals surface area contributed by atoms with Crippen LogP contribution in [0.15, 0.2) is 48.9 Å². The van der Waals surface area contributed by atoms with E-state index in [1.54, 1.807) is 4.68 Å². The number of likely N-dealkylation sites (tertiary alicyclic amines) is 1. The lowest BCUT2D eigenvalue weighted by atomic mass is 9.90. The van der Waals surface area contributed by atoms with Gasteiger partial charge in [-0.05, 0) is 29.8 Å². The van der Waals surface area contributed by atoms with Crippen LogP contribution in [0, 0.1) is 11.6 Å². The highest BCUT2D eigenvalue weighted by Gasteiger charge is 2.30. The van der Waals surface area contributed by atoms with Crippen LogP contribution < -0.4 is 10.5 Å². The number of fused-ring (bicyclic) bond motifs is 3. The van der Waals surface area contributed by atoms with Crippen molar-refractivity contribution in [2.24, 2.45) is 5.73 Å². The number of rotatable bonds is 5. The van der Waals surface area contributed by atoms with Crippen molar-refractivity contribution in [3.63, 3.8) is 0 Å². The topological polar surface area (TPSA) is 104 Å². The summed E-state index contributed by atoms with van der Waals surface area (Å²) in [6.07, 6.45) is 3.76. The van der Waals surface area contributed by atoms with Crippen molar-refractivity contribution < 1.29 is 18.3 Å². The third-order valence-corrected chi connectivity index (χ3v) is 6.36. The number of aromatic nitrogens is 5. The molecule has 2 N–H and O–H groups in total. The van der Waals surface area contributed by atoms with Crippen LogP contribution in [0.1, 0.15) is 17.0 Å². The van der Waals surface area contributed by atoms with Gasteiger partial charge in [0.1, 0.15) is 23.6 Å². The van der Waals surface area contributed by atoms with Crippen LogP contribution in [0.2, 0.25) is 0 Å². The fourth-order valence-electron chi connectivity index (χ4n) is 4.65. The van der Waals surface area contributed by atoms with Crippen LogP contribution in [0.3, 0.4) is 0 Å². The first-order valence-electron chi connectivity index (χ1n) is 11.2. The van der Waals surface area contributed by atoms with Crippen LogP contribution in [0.25, 0.3) is 22.9 Å². The molecule has 2 aromatic carbocycles. The first kappa shape index (κ1) is 21.4. The summed E-state index contributed by atoms with van der Waals surface area (Å²) in [5.74, 6) is -0.403. The van der Waals surface area contributed by atoms with E-state index < -0.39 is 11.6 Å². The third-order valence-electron chi connectivity index (χ3n) is 6.36. The molecule has 0 saturated carbocycles. The zero-order valence-corrected chi connectivity index (χ0v) is 18.6. The first-order valence-corrected chi connectivity index (χ1v) is 11.2. The van der Waals surface area contributed by atoms with E-state index in [2.05, 4.69) is 16.1 Å². The van der Waals surface area contributed by atoms with Gasteiger partial charge in [0.2, 0.25) is 5.91 Å². The fourth-order valence-corrected chi connectivity index (χ4v) is 4.65. The summed E-state index contributed by atoms with van der Waals surface area (Å²) in [7, 11) is 0. The molecule has 1 fully saturated rings. The maximum Gasteiger partial charge on any atom is 0.253 e. The van der Waals surface area contributed by atoms with Gasteiger partial charge < -0.3 is 10.5 Å². The molecule has 1 amide bonds. The van der Waals surface area contributed by atoms with E-state index in [1.807, 2.05) is 23.2 Å². The molecule has 9 nitrogen and oxygen atoms in total. The van der Waals surface area contributed by atoms with Gasteiger partial charge in [0.05, 0.1) is 18.8 Å². The van der Waals surface area contributed by atoms with E-state index in [-0.39, 0.29) is 24.1 Å². The number of primary amides is 1. The molecule has 0 bridgehead atoms. The second-order valence-electron chi connectivity index (χ2n) is 8.73. The van der Waals surface area contributed by atoms with Crippen molar-refractivity contribution in [2.75, 3.05) is 26.2 Å². The Labute approximate surface area is 198 Å². The number of ether oxygens (including phenoxy) is 1. The highest BCUT2D eigenvalue weighted by Crippen LogP contribution is 2.38. The van der Waals surface area contributed by atoms with Gasteiger partial charge in [0.15, 0.2) is 5.82 Å². The third kappa shape index (κ3) is 3.83. The second kappa shape index (κ2) is 8.27. The predicted octanol–water partition coefficient (Wildman–Crippen LogP) is 2.22. The molecule has 2 aliphatic heterocycles. The highest BCUT2D eigenvalue weighted by atomic mass is 19.1. The summed E-state index contributed by atoms with van der Waals surface area (Å²) in [5, 5.41) is 8.86. The van der Waals surface area contributed by atoms with Crippen LogP contribution in [-0.2, 0) is 11.2 Å². The maximum absolute atomic E-state index is 14.4. The molecule has 0 unspecified atom stereocenters. The van der Waals surface area contributed by atoms with E-state index in [1.165, 1.54) is 23.1 Å². The maximum atomic E-state index is 14.4. The minimum atomic E-state index is -0.748.